The number of nitro groups is 1. The summed E-state index contributed by atoms with van der Waals surface area (Å²) in [6, 6.07) is 4.67. The van der Waals surface area contributed by atoms with E-state index < -0.39 is 14.8 Å². The van der Waals surface area contributed by atoms with Gasteiger partial charge in [-0.25, -0.2) is 13.4 Å². The second-order valence-corrected chi connectivity index (χ2v) is 7.89. The molecule has 8 nitrogen and oxygen atoms in total. The number of nitrogens with zero attached hydrogens (tertiary/aromatic N) is 4. The number of anilines is 1. The highest BCUT2D eigenvalue weighted by molar-refractivity contribution is 7.90. The first-order chi connectivity index (χ1) is 11.4. The molecule has 1 aliphatic heterocycles. The molecule has 1 aliphatic rings. The van der Waals surface area contributed by atoms with Gasteiger partial charge in [-0.15, -0.1) is 0 Å². The summed E-state index contributed by atoms with van der Waals surface area (Å²) in [7, 11) is -3.67. The summed E-state index contributed by atoms with van der Waals surface area (Å²) in [5.74, 6) is 0. The number of imidazole rings is 1. The number of nitro benzene ring substituents is 1. The Kier molecular flexibility index (Phi) is 4.27. The highest BCUT2D eigenvalue weighted by atomic mass is 32.2. The van der Waals surface area contributed by atoms with Crippen LogP contribution in [0.15, 0.2) is 41.8 Å². The molecule has 2 heterocycles. The minimum Gasteiger partial charge on any atom is -0.371 e. The van der Waals surface area contributed by atoms with Gasteiger partial charge in [0.2, 0.25) is 0 Å². The summed E-state index contributed by atoms with van der Waals surface area (Å²) < 4.78 is 25.8. The number of rotatable bonds is 4. The van der Waals surface area contributed by atoms with Crippen LogP contribution in [0.3, 0.4) is 0 Å². The van der Waals surface area contributed by atoms with Crippen molar-refractivity contribution >= 4 is 21.2 Å². The Labute approximate surface area is 139 Å². The van der Waals surface area contributed by atoms with E-state index in [0.29, 0.717) is 11.7 Å². The summed E-state index contributed by atoms with van der Waals surface area (Å²) in [6.07, 6.45) is 8.29. The van der Waals surface area contributed by atoms with Crippen LogP contribution in [0.5, 0.6) is 0 Å². The lowest BCUT2D eigenvalue weighted by Gasteiger charge is -2.34. The van der Waals surface area contributed by atoms with Crippen LogP contribution in [-0.2, 0) is 9.84 Å². The summed E-state index contributed by atoms with van der Waals surface area (Å²) in [6.45, 7) is 1.51. The Balaban J connectivity index is 1.82. The van der Waals surface area contributed by atoms with Crippen molar-refractivity contribution < 1.29 is 13.3 Å². The van der Waals surface area contributed by atoms with Crippen molar-refractivity contribution in [3.8, 4) is 0 Å². The zero-order valence-corrected chi connectivity index (χ0v) is 14.0. The molecule has 128 valence electrons. The molecule has 3 rings (SSSR count). The fourth-order valence-corrected chi connectivity index (χ4v) is 3.91. The van der Waals surface area contributed by atoms with Crippen LogP contribution in [0.25, 0.3) is 0 Å². The molecule has 0 saturated carbocycles. The zero-order chi connectivity index (χ0) is 17.3. The van der Waals surface area contributed by atoms with E-state index in [9.17, 15) is 18.5 Å². The van der Waals surface area contributed by atoms with E-state index in [4.69, 9.17) is 0 Å². The van der Waals surface area contributed by atoms with Crippen LogP contribution < -0.4 is 4.90 Å². The maximum absolute atomic E-state index is 11.9. The maximum Gasteiger partial charge on any atom is 0.288 e. The molecule has 2 aromatic rings. The van der Waals surface area contributed by atoms with E-state index in [1.807, 2.05) is 6.20 Å². The molecular weight excluding hydrogens is 332 g/mol. The van der Waals surface area contributed by atoms with Crippen molar-refractivity contribution in [3.05, 3.63) is 47.0 Å². The van der Waals surface area contributed by atoms with Crippen LogP contribution in [0, 0.1) is 10.1 Å². The second-order valence-electron chi connectivity index (χ2n) is 5.91. The van der Waals surface area contributed by atoms with Crippen LogP contribution in [0.4, 0.5) is 11.4 Å². The van der Waals surface area contributed by atoms with E-state index in [2.05, 4.69) is 14.5 Å². The van der Waals surface area contributed by atoms with Gasteiger partial charge in [-0.2, -0.15) is 0 Å². The molecule has 24 heavy (non-hydrogen) atoms. The Bertz CT molecular complexity index is 840. The number of benzene rings is 1. The lowest BCUT2D eigenvalue weighted by molar-refractivity contribution is -0.387. The lowest BCUT2D eigenvalue weighted by atomic mass is 10.0. The van der Waals surface area contributed by atoms with Gasteiger partial charge >= 0.3 is 0 Å². The normalized spacial score (nSPS) is 16.3. The van der Waals surface area contributed by atoms with Crippen molar-refractivity contribution in [2.45, 2.75) is 23.8 Å². The predicted molar refractivity (Wildman–Crippen MR) is 88.9 cm³/mol. The Morgan fingerprint density at radius 1 is 1.29 bits per heavy atom. The van der Waals surface area contributed by atoms with E-state index in [1.54, 1.807) is 18.6 Å². The Hall–Kier alpha value is -2.42. The number of aromatic nitrogens is 2. The van der Waals surface area contributed by atoms with Gasteiger partial charge in [-0.3, -0.25) is 10.1 Å². The van der Waals surface area contributed by atoms with Crippen molar-refractivity contribution in [2.75, 3.05) is 24.2 Å². The van der Waals surface area contributed by atoms with Gasteiger partial charge in [-0.1, -0.05) is 0 Å². The van der Waals surface area contributed by atoms with Gasteiger partial charge in [0.05, 0.1) is 11.3 Å². The Morgan fingerprint density at radius 3 is 2.54 bits per heavy atom. The maximum atomic E-state index is 11.9. The first kappa shape index (κ1) is 16.4. The van der Waals surface area contributed by atoms with Crippen molar-refractivity contribution in [3.63, 3.8) is 0 Å². The minimum atomic E-state index is -3.67. The molecule has 1 fully saturated rings. The summed E-state index contributed by atoms with van der Waals surface area (Å²) in [5.41, 5.74) is 0.319. The molecule has 0 unspecified atom stereocenters. The summed E-state index contributed by atoms with van der Waals surface area (Å²) >= 11 is 0. The fraction of sp³-hybridized carbons (Fsp3) is 0.400. The molecule has 0 aliphatic carbocycles. The van der Waals surface area contributed by atoms with Crippen molar-refractivity contribution in [1.29, 1.82) is 0 Å². The van der Waals surface area contributed by atoms with Crippen LogP contribution in [0.1, 0.15) is 18.9 Å². The molecule has 1 aromatic carbocycles. The Morgan fingerprint density at radius 2 is 2.00 bits per heavy atom. The quantitative estimate of drug-likeness (QED) is 0.618. The zero-order valence-electron chi connectivity index (χ0n) is 13.2. The molecule has 0 amide bonds. The van der Waals surface area contributed by atoms with Gasteiger partial charge in [-0.05, 0) is 25.0 Å². The molecule has 0 N–H and O–H groups in total. The highest BCUT2D eigenvalue weighted by Crippen LogP contribution is 2.31. The van der Waals surface area contributed by atoms with E-state index in [1.165, 1.54) is 12.1 Å². The number of piperidine rings is 1. The predicted octanol–water partition coefficient (Wildman–Crippen LogP) is 2.04. The van der Waals surface area contributed by atoms with Crippen molar-refractivity contribution in [2.24, 2.45) is 0 Å². The third-order valence-corrected chi connectivity index (χ3v) is 5.44. The minimum absolute atomic E-state index is 0.235. The number of hydrogen-bond donors (Lipinski definition) is 0. The van der Waals surface area contributed by atoms with Gasteiger partial charge < -0.3 is 9.47 Å². The topological polar surface area (TPSA) is 98.3 Å². The molecule has 9 heteroatoms. The molecule has 0 spiro atoms. The first-order valence-electron chi connectivity index (χ1n) is 7.57. The van der Waals surface area contributed by atoms with Crippen LogP contribution in [0.2, 0.25) is 0 Å². The average molecular weight is 350 g/mol. The molecule has 1 aromatic heterocycles. The van der Waals surface area contributed by atoms with Gasteiger partial charge in [0, 0.05) is 49.5 Å². The standard InChI is InChI=1S/C15H18N4O4S/c1-24(22,23)15-10-13(2-3-14(15)19(20)21)17-7-4-12(5-8-17)18-9-6-16-11-18/h2-3,6,9-12H,4-5,7-8H2,1H3. The largest absolute Gasteiger partial charge is 0.371 e. The van der Waals surface area contributed by atoms with E-state index in [0.717, 1.165) is 32.2 Å². The summed E-state index contributed by atoms with van der Waals surface area (Å²) in [4.78, 5) is 16.3. The molecule has 0 radical (unpaired) electrons. The van der Waals surface area contributed by atoms with E-state index >= 15 is 0 Å². The molecule has 1 saturated heterocycles. The highest BCUT2D eigenvalue weighted by Gasteiger charge is 2.26. The first-order valence-corrected chi connectivity index (χ1v) is 9.46. The SMILES string of the molecule is CS(=O)(=O)c1cc(N2CCC(n3ccnc3)CC2)ccc1[N+](=O)[O-]. The monoisotopic (exact) mass is 350 g/mol. The van der Waals surface area contributed by atoms with Gasteiger partial charge in [0.25, 0.3) is 5.69 Å². The average Bonchev–Trinajstić information content (AvgIpc) is 3.08. The number of sulfone groups is 1. The van der Waals surface area contributed by atoms with E-state index in [-0.39, 0.29) is 10.6 Å². The third-order valence-electron chi connectivity index (χ3n) is 4.32. The fourth-order valence-electron chi connectivity index (χ4n) is 3.05. The molecule has 0 bridgehead atoms. The summed E-state index contributed by atoms with van der Waals surface area (Å²) in [5, 5.41) is 11.0. The van der Waals surface area contributed by atoms with Gasteiger partial charge in [0.1, 0.15) is 4.90 Å². The molecule has 0 atom stereocenters. The second kappa shape index (κ2) is 6.23. The van der Waals surface area contributed by atoms with Crippen LogP contribution in [-0.4, -0.2) is 42.2 Å². The smallest absolute Gasteiger partial charge is 0.288 e. The lowest BCUT2D eigenvalue weighted by Crippen LogP contribution is -2.34. The number of hydrogen-bond acceptors (Lipinski definition) is 6. The molecular formula is C15H18N4O4S. The third kappa shape index (κ3) is 3.25. The van der Waals surface area contributed by atoms with Crippen molar-refractivity contribution in [1.82, 2.24) is 9.55 Å². The van der Waals surface area contributed by atoms with Crippen LogP contribution >= 0.6 is 0 Å². The van der Waals surface area contributed by atoms with Gasteiger partial charge in [0.15, 0.2) is 9.84 Å².